The van der Waals surface area contributed by atoms with Crippen molar-refractivity contribution in [2.24, 2.45) is 0 Å². The van der Waals surface area contributed by atoms with Crippen LogP contribution in [0.15, 0.2) is 30.3 Å². The van der Waals surface area contributed by atoms with Gasteiger partial charge in [0.2, 0.25) is 5.13 Å². The molecule has 4 N–H and O–H groups in total. The number of amides is 1. The van der Waals surface area contributed by atoms with Crippen molar-refractivity contribution in [3.63, 3.8) is 0 Å². The van der Waals surface area contributed by atoms with Crippen LogP contribution in [-0.4, -0.2) is 16.1 Å². The SMILES string of the molecule is CCc1nnc(NC(=O)c2sc(Nc3ccccc3)c(C#N)c2N)s1. The minimum absolute atomic E-state index is 0.156. The molecule has 0 spiro atoms. The Balaban J connectivity index is 1.86. The van der Waals surface area contributed by atoms with E-state index in [1.54, 1.807) is 0 Å². The lowest BCUT2D eigenvalue weighted by molar-refractivity contribution is 0.103. The minimum Gasteiger partial charge on any atom is -0.396 e. The van der Waals surface area contributed by atoms with E-state index in [0.29, 0.717) is 10.1 Å². The lowest BCUT2D eigenvalue weighted by atomic mass is 10.2. The number of carbonyl (C=O) groups excluding carboxylic acids is 1. The molecule has 1 aromatic carbocycles. The van der Waals surface area contributed by atoms with Crippen LogP contribution in [0.2, 0.25) is 0 Å². The molecule has 9 heteroatoms. The first-order valence-corrected chi connectivity index (χ1v) is 9.03. The summed E-state index contributed by atoms with van der Waals surface area (Å²) >= 11 is 2.44. The Bertz CT molecular complexity index is 941. The van der Waals surface area contributed by atoms with Gasteiger partial charge in [0.05, 0.1) is 5.69 Å². The second kappa shape index (κ2) is 7.29. The number of benzene rings is 1. The van der Waals surface area contributed by atoms with E-state index in [0.717, 1.165) is 28.5 Å². The number of nitriles is 1. The van der Waals surface area contributed by atoms with Gasteiger partial charge in [-0.25, -0.2) is 0 Å². The number of rotatable bonds is 5. The zero-order chi connectivity index (χ0) is 17.8. The third kappa shape index (κ3) is 3.60. The number of aryl methyl sites for hydroxylation is 1. The Morgan fingerprint density at radius 2 is 2.04 bits per heavy atom. The molecule has 126 valence electrons. The highest BCUT2D eigenvalue weighted by Crippen LogP contribution is 2.37. The average Bonchev–Trinajstić information content (AvgIpc) is 3.20. The molecule has 0 aliphatic rings. The predicted octanol–water partition coefficient (Wildman–Crippen LogP) is 3.61. The fraction of sp³-hybridized carbons (Fsp3) is 0.125. The number of nitrogen functional groups attached to an aromatic ring is 1. The number of anilines is 4. The number of hydrogen-bond donors (Lipinski definition) is 3. The van der Waals surface area contributed by atoms with Gasteiger partial charge in [0.1, 0.15) is 26.5 Å². The fourth-order valence-corrected chi connectivity index (χ4v) is 3.73. The Labute approximate surface area is 152 Å². The van der Waals surface area contributed by atoms with Gasteiger partial charge in [-0.1, -0.05) is 36.5 Å². The van der Waals surface area contributed by atoms with Gasteiger partial charge in [-0.2, -0.15) is 5.26 Å². The van der Waals surface area contributed by atoms with E-state index < -0.39 is 5.91 Å². The molecule has 0 bridgehead atoms. The van der Waals surface area contributed by atoms with Crippen LogP contribution in [0, 0.1) is 11.3 Å². The van der Waals surface area contributed by atoms with Crippen LogP contribution in [-0.2, 0) is 6.42 Å². The lowest BCUT2D eigenvalue weighted by Gasteiger charge is -2.03. The van der Waals surface area contributed by atoms with Crippen LogP contribution in [0.25, 0.3) is 0 Å². The highest BCUT2D eigenvalue weighted by atomic mass is 32.1. The number of thiophene rings is 1. The highest BCUT2D eigenvalue weighted by molar-refractivity contribution is 7.19. The molecule has 0 radical (unpaired) electrons. The number of aromatic nitrogens is 2. The number of para-hydroxylation sites is 1. The molecule has 1 amide bonds. The minimum atomic E-state index is -0.404. The molecule has 3 rings (SSSR count). The van der Waals surface area contributed by atoms with Crippen LogP contribution in [0.5, 0.6) is 0 Å². The van der Waals surface area contributed by atoms with E-state index >= 15 is 0 Å². The molecule has 0 unspecified atom stereocenters. The van der Waals surface area contributed by atoms with Gasteiger partial charge in [0.15, 0.2) is 0 Å². The first-order chi connectivity index (χ1) is 12.1. The van der Waals surface area contributed by atoms with Crippen LogP contribution in [0.3, 0.4) is 0 Å². The van der Waals surface area contributed by atoms with Gasteiger partial charge in [-0.15, -0.1) is 21.5 Å². The summed E-state index contributed by atoms with van der Waals surface area (Å²) < 4.78 is 0. The molecule has 0 saturated carbocycles. The summed E-state index contributed by atoms with van der Waals surface area (Å²) in [7, 11) is 0. The normalized spacial score (nSPS) is 10.2. The van der Waals surface area contributed by atoms with Gasteiger partial charge in [0, 0.05) is 5.69 Å². The molecule has 7 nitrogen and oxygen atoms in total. The molecule has 2 heterocycles. The molecular formula is C16H14N6OS2. The quantitative estimate of drug-likeness (QED) is 0.631. The Morgan fingerprint density at radius 1 is 1.28 bits per heavy atom. The van der Waals surface area contributed by atoms with Crippen molar-refractivity contribution >= 4 is 50.1 Å². The van der Waals surface area contributed by atoms with Crippen molar-refractivity contribution in [3.8, 4) is 6.07 Å². The van der Waals surface area contributed by atoms with E-state index in [4.69, 9.17) is 5.73 Å². The first kappa shape index (κ1) is 16.9. The third-order valence-corrected chi connectivity index (χ3v) is 5.39. The topological polar surface area (TPSA) is 117 Å². The molecule has 3 aromatic rings. The van der Waals surface area contributed by atoms with E-state index in [2.05, 4.69) is 26.9 Å². The Hall–Kier alpha value is -2.96. The van der Waals surface area contributed by atoms with Gasteiger partial charge in [-0.05, 0) is 18.6 Å². The van der Waals surface area contributed by atoms with Crippen LogP contribution in [0.1, 0.15) is 27.2 Å². The molecule has 0 fully saturated rings. The summed E-state index contributed by atoms with van der Waals surface area (Å²) in [5.41, 5.74) is 7.23. The molecule has 0 aliphatic carbocycles. The maximum absolute atomic E-state index is 12.5. The molecular weight excluding hydrogens is 356 g/mol. The van der Waals surface area contributed by atoms with Gasteiger partial charge in [0.25, 0.3) is 5.91 Å². The largest absolute Gasteiger partial charge is 0.396 e. The van der Waals surface area contributed by atoms with Gasteiger partial charge < -0.3 is 11.1 Å². The van der Waals surface area contributed by atoms with Crippen LogP contribution < -0.4 is 16.4 Å². The smallest absolute Gasteiger partial charge is 0.269 e. The van der Waals surface area contributed by atoms with Crippen LogP contribution in [0.4, 0.5) is 21.5 Å². The second-order valence-corrected chi connectivity index (χ2v) is 7.04. The number of nitrogens with zero attached hydrogens (tertiary/aromatic N) is 3. The number of nitrogens with one attached hydrogen (secondary N) is 2. The molecule has 0 aliphatic heterocycles. The summed E-state index contributed by atoms with van der Waals surface area (Å²) in [5, 5.41) is 24.8. The van der Waals surface area contributed by atoms with Crippen molar-refractivity contribution in [1.29, 1.82) is 5.26 Å². The Kier molecular flexibility index (Phi) is 4.92. The third-order valence-electron chi connectivity index (χ3n) is 3.28. The van der Waals surface area contributed by atoms with Crippen molar-refractivity contribution in [1.82, 2.24) is 10.2 Å². The maximum Gasteiger partial charge on any atom is 0.269 e. The highest BCUT2D eigenvalue weighted by Gasteiger charge is 2.22. The van der Waals surface area contributed by atoms with E-state index in [-0.39, 0.29) is 16.1 Å². The molecule has 0 saturated heterocycles. The molecule has 25 heavy (non-hydrogen) atoms. The number of nitrogens with two attached hydrogens (primary N) is 1. The molecule has 2 aromatic heterocycles. The van der Waals surface area contributed by atoms with Crippen molar-refractivity contribution in [2.75, 3.05) is 16.4 Å². The summed E-state index contributed by atoms with van der Waals surface area (Å²) in [6.07, 6.45) is 0.748. The maximum atomic E-state index is 12.5. The molecule has 0 atom stereocenters. The number of hydrogen-bond acceptors (Lipinski definition) is 8. The number of carbonyl (C=O) groups is 1. The summed E-state index contributed by atoms with van der Waals surface area (Å²) in [4.78, 5) is 12.8. The zero-order valence-corrected chi connectivity index (χ0v) is 14.9. The van der Waals surface area contributed by atoms with Crippen molar-refractivity contribution in [2.45, 2.75) is 13.3 Å². The summed E-state index contributed by atoms with van der Waals surface area (Å²) in [6, 6.07) is 11.4. The predicted molar refractivity (Wildman–Crippen MR) is 100 cm³/mol. The Morgan fingerprint density at radius 3 is 2.68 bits per heavy atom. The second-order valence-electron chi connectivity index (χ2n) is 4.96. The summed E-state index contributed by atoms with van der Waals surface area (Å²) in [6.45, 7) is 1.96. The van der Waals surface area contributed by atoms with Crippen molar-refractivity contribution < 1.29 is 4.79 Å². The zero-order valence-electron chi connectivity index (χ0n) is 13.2. The fourth-order valence-electron chi connectivity index (χ4n) is 2.07. The van der Waals surface area contributed by atoms with Crippen molar-refractivity contribution in [3.05, 3.63) is 45.8 Å². The average molecular weight is 370 g/mol. The standard InChI is InChI=1S/C16H14N6OS2/c1-2-11-21-22-16(24-11)20-14(23)13-12(18)10(8-17)15(25-13)19-9-6-4-3-5-7-9/h3-7,19H,2,18H2,1H3,(H,20,22,23). The lowest BCUT2D eigenvalue weighted by Crippen LogP contribution is -2.12. The van der Waals surface area contributed by atoms with Gasteiger partial charge in [-0.3, -0.25) is 10.1 Å². The van der Waals surface area contributed by atoms with E-state index in [1.807, 2.05) is 37.3 Å². The van der Waals surface area contributed by atoms with E-state index in [1.165, 1.54) is 11.3 Å². The van der Waals surface area contributed by atoms with Gasteiger partial charge >= 0.3 is 0 Å². The van der Waals surface area contributed by atoms with Crippen LogP contribution >= 0.6 is 22.7 Å². The monoisotopic (exact) mass is 370 g/mol. The first-order valence-electron chi connectivity index (χ1n) is 7.40. The van der Waals surface area contributed by atoms with E-state index in [9.17, 15) is 10.1 Å². The summed E-state index contributed by atoms with van der Waals surface area (Å²) in [5.74, 6) is -0.404.